The number of halogens is 1. The van der Waals surface area contributed by atoms with Crippen LogP contribution in [-0.2, 0) is 17.0 Å². The lowest BCUT2D eigenvalue weighted by atomic mass is 10.1. The topological polar surface area (TPSA) is 25.4 Å². The van der Waals surface area contributed by atoms with E-state index in [2.05, 4.69) is 44.7 Å². The Balaban J connectivity index is 2.28. The quantitative estimate of drug-likeness (QED) is 0.791. The molecule has 0 bridgehead atoms. The van der Waals surface area contributed by atoms with Crippen molar-refractivity contribution < 1.29 is 4.74 Å². The lowest BCUT2D eigenvalue weighted by Crippen LogP contribution is -2.52. The van der Waals surface area contributed by atoms with Crippen molar-refractivity contribution in [3.63, 3.8) is 0 Å². The molecule has 112 valence electrons. The molecule has 1 aromatic heterocycles. The van der Waals surface area contributed by atoms with Crippen LogP contribution in [0.2, 0.25) is 0 Å². The molecule has 3 nitrogen and oxygen atoms in total. The van der Waals surface area contributed by atoms with Crippen LogP contribution in [-0.4, -0.2) is 29.8 Å². The summed E-state index contributed by atoms with van der Waals surface area (Å²) in [7, 11) is 0. The van der Waals surface area contributed by atoms with Gasteiger partial charge in [0.15, 0.2) is 0 Å². The Morgan fingerprint density at radius 1 is 1.45 bits per heavy atom. The number of ether oxygens (including phenoxy) is 1. The van der Waals surface area contributed by atoms with E-state index in [0.717, 1.165) is 43.0 Å². The second kappa shape index (κ2) is 6.31. The lowest BCUT2D eigenvalue weighted by Gasteiger charge is -2.42. The number of hydrogen-bond donors (Lipinski definition) is 0. The Bertz CT molecular complexity index is 462. The molecule has 1 aromatic rings. The normalized spacial score (nSPS) is 22.1. The Hall–Kier alpha value is -0.800. The highest BCUT2D eigenvalue weighted by molar-refractivity contribution is 6.17. The standard InChI is InChI=1S/C16H25ClN2O/c1-5-6-14-7-13(9-17)8-15(18-14)19-10-12(2)20-16(3,4)11-19/h7-8,12H,5-6,9-11H2,1-4H3. The molecule has 1 unspecified atom stereocenters. The highest BCUT2D eigenvalue weighted by atomic mass is 35.5. The van der Waals surface area contributed by atoms with E-state index in [1.54, 1.807) is 0 Å². The molecular weight excluding hydrogens is 272 g/mol. The summed E-state index contributed by atoms with van der Waals surface area (Å²) in [6, 6.07) is 4.23. The zero-order valence-corrected chi connectivity index (χ0v) is 13.7. The molecule has 0 spiro atoms. The summed E-state index contributed by atoms with van der Waals surface area (Å²) < 4.78 is 5.96. The summed E-state index contributed by atoms with van der Waals surface area (Å²) >= 11 is 6.02. The van der Waals surface area contributed by atoms with Crippen LogP contribution in [0.25, 0.3) is 0 Å². The number of pyridine rings is 1. The van der Waals surface area contributed by atoms with E-state index >= 15 is 0 Å². The molecule has 0 radical (unpaired) electrons. The third-order valence-corrected chi connectivity index (χ3v) is 3.79. The van der Waals surface area contributed by atoms with Gasteiger partial charge in [-0.15, -0.1) is 11.6 Å². The Morgan fingerprint density at radius 3 is 2.80 bits per heavy atom. The van der Waals surface area contributed by atoms with Crippen LogP contribution in [0.3, 0.4) is 0 Å². The van der Waals surface area contributed by atoms with Gasteiger partial charge in [0.25, 0.3) is 0 Å². The number of rotatable bonds is 4. The fraction of sp³-hybridized carbons (Fsp3) is 0.688. The average Bonchev–Trinajstić information content (AvgIpc) is 2.36. The molecule has 0 saturated carbocycles. The smallest absolute Gasteiger partial charge is 0.129 e. The Morgan fingerprint density at radius 2 is 2.20 bits per heavy atom. The first kappa shape index (κ1) is 15.6. The molecular formula is C16H25ClN2O. The van der Waals surface area contributed by atoms with Crippen molar-refractivity contribution in [1.82, 2.24) is 4.98 Å². The molecule has 1 aliphatic rings. The molecule has 1 aliphatic heterocycles. The van der Waals surface area contributed by atoms with Gasteiger partial charge in [0.1, 0.15) is 5.82 Å². The van der Waals surface area contributed by atoms with Crippen molar-refractivity contribution >= 4 is 17.4 Å². The number of nitrogens with zero attached hydrogens (tertiary/aromatic N) is 2. The third-order valence-electron chi connectivity index (χ3n) is 3.48. The van der Waals surface area contributed by atoms with Gasteiger partial charge in [-0.25, -0.2) is 4.98 Å². The molecule has 1 atom stereocenters. The predicted molar refractivity (Wildman–Crippen MR) is 84.6 cm³/mol. The summed E-state index contributed by atoms with van der Waals surface area (Å²) in [6.07, 6.45) is 2.32. The van der Waals surface area contributed by atoms with Gasteiger partial charge in [-0.2, -0.15) is 0 Å². The van der Waals surface area contributed by atoms with Crippen molar-refractivity contribution in [2.45, 2.75) is 58.1 Å². The zero-order valence-electron chi connectivity index (χ0n) is 12.9. The van der Waals surface area contributed by atoms with Crippen LogP contribution in [0.5, 0.6) is 0 Å². The van der Waals surface area contributed by atoms with Crippen LogP contribution in [0.4, 0.5) is 5.82 Å². The molecule has 0 aliphatic carbocycles. The molecule has 1 fully saturated rings. The Labute approximate surface area is 127 Å². The molecule has 1 saturated heterocycles. The van der Waals surface area contributed by atoms with E-state index in [1.165, 1.54) is 0 Å². The molecule has 2 rings (SSSR count). The van der Waals surface area contributed by atoms with Crippen molar-refractivity contribution in [2.24, 2.45) is 0 Å². The minimum Gasteiger partial charge on any atom is -0.369 e. The minimum atomic E-state index is -0.138. The number of aryl methyl sites for hydroxylation is 1. The second-order valence-corrected chi connectivity index (χ2v) is 6.54. The number of alkyl halides is 1. The van der Waals surface area contributed by atoms with Gasteiger partial charge < -0.3 is 9.64 Å². The van der Waals surface area contributed by atoms with Gasteiger partial charge in [-0.1, -0.05) is 13.3 Å². The summed E-state index contributed by atoms with van der Waals surface area (Å²) in [4.78, 5) is 7.13. The summed E-state index contributed by atoms with van der Waals surface area (Å²) in [5.74, 6) is 1.57. The summed E-state index contributed by atoms with van der Waals surface area (Å²) in [5, 5.41) is 0. The minimum absolute atomic E-state index is 0.138. The number of morpholine rings is 1. The van der Waals surface area contributed by atoms with Gasteiger partial charge in [0, 0.05) is 24.7 Å². The average molecular weight is 297 g/mol. The number of hydrogen-bond acceptors (Lipinski definition) is 3. The van der Waals surface area contributed by atoms with Crippen LogP contribution in [0.15, 0.2) is 12.1 Å². The SMILES string of the molecule is CCCc1cc(CCl)cc(N2CC(C)OC(C)(C)C2)n1. The maximum absolute atomic E-state index is 6.02. The van der Waals surface area contributed by atoms with Crippen molar-refractivity contribution in [3.8, 4) is 0 Å². The maximum atomic E-state index is 6.02. The van der Waals surface area contributed by atoms with Gasteiger partial charge in [0.2, 0.25) is 0 Å². The molecule has 0 amide bonds. The summed E-state index contributed by atoms with van der Waals surface area (Å²) in [6.45, 7) is 10.3. The van der Waals surface area contributed by atoms with Crippen LogP contribution in [0, 0.1) is 0 Å². The molecule has 4 heteroatoms. The van der Waals surface area contributed by atoms with Gasteiger partial charge in [0.05, 0.1) is 11.7 Å². The first-order chi connectivity index (χ1) is 9.43. The second-order valence-electron chi connectivity index (χ2n) is 6.28. The predicted octanol–water partition coefficient (Wildman–Crippen LogP) is 3.78. The van der Waals surface area contributed by atoms with E-state index in [9.17, 15) is 0 Å². The first-order valence-electron chi connectivity index (χ1n) is 7.42. The van der Waals surface area contributed by atoms with Crippen molar-refractivity contribution in [2.75, 3.05) is 18.0 Å². The number of anilines is 1. The van der Waals surface area contributed by atoms with Gasteiger partial charge in [-0.3, -0.25) is 0 Å². The molecule has 0 aromatic carbocycles. The largest absolute Gasteiger partial charge is 0.369 e. The Kier molecular flexibility index (Phi) is 4.92. The fourth-order valence-corrected chi connectivity index (χ4v) is 3.04. The highest BCUT2D eigenvalue weighted by Gasteiger charge is 2.32. The zero-order chi connectivity index (χ0) is 14.8. The van der Waals surface area contributed by atoms with Crippen LogP contribution < -0.4 is 4.90 Å². The molecule has 2 heterocycles. The van der Waals surface area contributed by atoms with Crippen LogP contribution in [0.1, 0.15) is 45.4 Å². The van der Waals surface area contributed by atoms with E-state index in [1.807, 2.05) is 0 Å². The van der Waals surface area contributed by atoms with E-state index in [-0.39, 0.29) is 11.7 Å². The number of aromatic nitrogens is 1. The first-order valence-corrected chi connectivity index (χ1v) is 7.95. The fourth-order valence-electron chi connectivity index (χ4n) is 2.88. The van der Waals surface area contributed by atoms with Crippen LogP contribution >= 0.6 is 11.6 Å². The summed E-state index contributed by atoms with van der Waals surface area (Å²) in [5.41, 5.74) is 2.15. The van der Waals surface area contributed by atoms with E-state index < -0.39 is 0 Å². The van der Waals surface area contributed by atoms with Crippen molar-refractivity contribution in [1.29, 1.82) is 0 Å². The maximum Gasteiger partial charge on any atom is 0.129 e. The highest BCUT2D eigenvalue weighted by Crippen LogP contribution is 2.26. The molecule has 0 N–H and O–H groups in total. The lowest BCUT2D eigenvalue weighted by molar-refractivity contribution is -0.0751. The van der Waals surface area contributed by atoms with Gasteiger partial charge >= 0.3 is 0 Å². The third kappa shape index (κ3) is 3.86. The van der Waals surface area contributed by atoms with Gasteiger partial charge in [-0.05, 0) is 44.9 Å². The van der Waals surface area contributed by atoms with Crippen molar-refractivity contribution in [3.05, 3.63) is 23.4 Å². The van der Waals surface area contributed by atoms with E-state index in [0.29, 0.717) is 5.88 Å². The molecule has 20 heavy (non-hydrogen) atoms. The monoisotopic (exact) mass is 296 g/mol. The van der Waals surface area contributed by atoms with E-state index in [4.69, 9.17) is 21.3 Å².